The van der Waals surface area contributed by atoms with Crippen LogP contribution in [-0.4, -0.2) is 29.5 Å². The summed E-state index contributed by atoms with van der Waals surface area (Å²) in [5.41, 5.74) is 1.74. The Morgan fingerprint density at radius 3 is 2.92 bits per heavy atom. The van der Waals surface area contributed by atoms with E-state index in [1.165, 1.54) is 17.8 Å². The normalized spacial score (nSPS) is 20.2. The standard InChI is InChI=1S/C18H22N2O3S2/c1-12-4-2-3-5-15(12)20-16(21)9-23-17(22)8-14-11-25-18(19-14)13-6-7-24-10-13/h6-7,10-12,15H,2-5,8-9H2,1H3,(H,20,21)/t12-,15+/m0/s1. The molecule has 134 valence electrons. The lowest BCUT2D eigenvalue weighted by molar-refractivity contribution is -0.148. The highest BCUT2D eigenvalue weighted by atomic mass is 32.1. The molecule has 1 saturated carbocycles. The van der Waals surface area contributed by atoms with Gasteiger partial charge in [-0.15, -0.1) is 11.3 Å². The van der Waals surface area contributed by atoms with Crippen LogP contribution >= 0.6 is 22.7 Å². The number of esters is 1. The molecule has 0 spiro atoms. The van der Waals surface area contributed by atoms with Crippen molar-refractivity contribution in [3.63, 3.8) is 0 Å². The monoisotopic (exact) mass is 378 g/mol. The maximum absolute atomic E-state index is 12.0. The van der Waals surface area contributed by atoms with Gasteiger partial charge in [0.1, 0.15) is 5.01 Å². The van der Waals surface area contributed by atoms with E-state index < -0.39 is 5.97 Å². The number of hydrogen-bond acceptors (Lipinski definition) is 6. The van der Waals surface area contributed by atoms with Gasteiger partial charge in [0, 0.05) is 22.4 Å². The van der Waals surface area contributed by atoms with Gasteiger partial charge in [0.2, 0.25) is 0 Å². The number of carbonyl (C=O) groups excluding carboxylic acids is 2. The Balaban J connectivity index is 1.42. The summed E-state index contributed by atoms with van der Waals surface area (Å²) < 4.78 is 5.10. The number of ether oxygens (including phenoxy) is 1. The van der Waals surface area contributed by atoms with Crippen LogP contribution in [0, 0.1) is 5.92 Å². The van der Waals surface area contributed by atoms with Gasteiger partial charge in [-0.05, 0) is 30.2 Å². The van der Waals surface area contributed by atoms with E-state index in [1.807, 2.05) is 22.2 Å². The molecule has 0 aromatic carbocycles. The van der Waals surface area contributed by atoms with Crippen molar-refractivity contribution < 1.29 is 14.3 Å². The maximum Gasteiger partial charge on any atom is 0.312 e. The van der Waals surface area contributed by atoms with Crippen molar-refractivity contribution >= 4 is 34.6 Å². The lowest BCUT2D eigenvalue weighted by atomic mass is 9.86. The Labute approximate surface area is 155 Å². The quantitative estimate of drug-likeness (QED) is 0.779. The van der Waals surface area contributed by atoms with Crippen LogP contribution in [0.5, 0.6) is 0 Å². The molecule has 25 heavy (non-hydrogen) atoms. The second kappa shape index (κ2) is 8.58. The summed E-state index contributed by atoms with van der Waals surface area (Å²) in [5, 5.41) is 9.76. The van der Waals surface area contributed by atoms with E-state index in [2.05, 4.69) is 17.2 Å². The molecule has 0 radical (unpaired) electrons. The molecule has 3 rings (SSSR count). The zero-order valence-electron chi connectivity index (χ0n) is 14.2. The number of rotatable bonds is 6. The molecule has 1 aliphatic rings. The smallest absolute Gasteiger partial charge is 0.312 e. The predicted molar refractivity (Wildman–Crippen MR) is 99.7 cm³/mol. The van der Waals surface area contributed by atoms with Gasteiger partial charge in [-0.1, -0.05) is 19.8 Å². The van der Waals surface area contributed by atoms with Crippen LogP contribution in [0.3, 0.4) is 0 Å². The second-order valence-electron chi connectivity index (χ2n) is 6.43. The Morgan fingerprint density at radius 2 is 2.16 bits per heavy atom. The number of hydrogen-bond donors (Lipinski definition) is 1. The SMILES string of the molecule is C[C@H]1CCCC[C@H]1NC(=O)COC(=O)Cc1csc(-c2ccsc2)n1. The Kier molecular flexibility index (Phi) is 6.20. The topological polar surface area (TPSA) is 68.3 Å². The third-order valence-electron chi connectivity index (χ3n) is 4.47. The summed E-state index contributed by atoms with van der Waals surface area (Å²) in [7, 11) is 0. The molecule has 0 unspecified atom stereocenters. The fourth-order valence-corrected chi connectivity index (χ4v) is 4.56. The highest BCUT2D eigenvalue weighted by Gasteiger charge is 2.23. The number of nitrogens with one attached hydrogen (secondary N) is 1. The van der Waals surface area contributed by atoms with E-state index in [4.69, 9.17) is 4.74 Å². The molecule has 2 aromatic rings. The minimum absolute atomic E-state index is 0.0910. The molecule has 2 heterocycles. The number of carbonyl (C=O) groups is 2. The molecule has 0 bridgehead atoms. The largest absolute Gasteiger partial charge is 0.455 e. The van der Waals surface area contributed by atoms with Crippen LogP contribution in [-0.2, 0) is 20.7 Å². The van der Waals surface area contributed by atoms with Crippen molar-refractivity contribution in [2.24, 2.45) is 5.92 Å². The molecule has 0 aliphatic heterocycles. The van der Waals surface area contributed by atoms with Gasteiger partial charge in [0.15, 0.2) is 6.61 Å². The first-order valence-electron chi connectivity index (χ1n) is 8.54. The van der Waals surface area contributed by atoms with Crippen molar-refractivity contribution in [2.75, 3.05) is 6.61 Å². The van der Waals surface area contributed by atoms with E-state index in [1.54, 1.807) is 11.3 Å². The van der Waals surface area contributed by atoms with E-state index in [-0.39, 0.29) is 25.0 Å². The average Bonchev–Trinajstić information content (AvgIpc) is 3.26. The minimum atomic E-state index is -0.422. The molecule has 7 heteroatoms. The zero-order chi connectivity index (χ0) is 17.6. The van der Waals surface area contributed by atoms with Crippen molar-refractivity contribution in [1.82, 2.24) is 10.3 Å². The number of thiophene rings is 1. The summed E-state index contributed by atoms with van der Waals surface area (Å²) in [6.07, 6.45) is 4.61. The molecular formula is C18H22N2O3S2. The number of amides is 1. The lowest BCUT2D eigenvalue weighted by Crippen LogP contribution is -2.42. The van der Waals surface area contributed by atoms with Crippen molar-refractivity contribution in [2.45, 2.75) is 45.1 Å². The molecule has 1 fully saturated rings. The van der Waals surface area contributed by atoms with E-state index in [0.717, 1.165) is 29.8 Å². The first kappa shape index (κ1) is 18.1. The van der Waals surface area contributed by atoms with Crippen molar-refractivity contribution in [1.29, 1.82) is 0 Å². The summed E-state index contributed by atoms with van der Waals surface area (Å²) >= 11 is 3.12. The van der Waals surface area contributed by atoms with Crippen LogP contribution in [0.4, 0.5) is 0 Å². The fourth-order valence-electron chi connectivity index (χ4n) is 3.03. The van der Waals surface area contributed by atoms with Gasteiger partial charge >= 0.3 is 5.97 Å². The second-order valence-corrected chi connectivity index (χ2v) is 8.07. The van der Waals surface area contributed by atoms with Crippen molar-refractivity contribution in [3.05, 3.63) is 27.9 Å². The molecule has 0 saturated heterocycles. The van der Waals surface area contributed by atoms with Gasteiger partial charge in [-0.25, -0.2) is 4.98 Å². The van der Waals surface area contributed by atoms with Crippen LogP contribution in [0.25, 0.3) is 10.6 Å². The third kappa shape index (κ3) is 5.12. The number of aromatic nitrogens is 1. The van der Waals surface area contributed by atoms with Crippen LogP contribution < -0.4 is 5.32 Å². The highest BCUT2D eigenvalue weighted by Crippen LogP contribution is 2.26. The van der Waals surface area contributed by atoms with Gasteiger partial charge in [-0.3, -0.25) is 9.59 Å². The molecule has 1 N–H and O–H groups in total. The fraction of sp³-hybridized carbons (Fsp3) is 0.500. The molecule has 2 atom stereocenters. The number of nitrogens with zero attached hydrogens (tertiary/aromatic N) is 1. The predicted octanol–water partition coefficient (Wildman–Crippen LogP) is 3.65. The summed E-state index contributed by atoms with van der Waals surface area (Å²) in [4.78, 5) is 28.4. The van der Waals surface area contributed by atoms with Crippen LogP contribution in [0.2, 0.25) is 0 Å². The third-order valence-corrected chi connectivity index (χ3v) is 6.09. The Hall–Kier alpha value is -1.73. The van der Waals surface area contributed by atoms with E-state index in [0.29, 0.717) is 11.6 Å². The first-order valence-corrected chi connectivity index (χ1v) is 10.4. The lowest BCUT2D eigenvalue weighted by Gasteiger charge is -2.29. The summed E-state index contributed by atoms with van der Waals surface area (Å²) in [6.45, 7) is 1.94. The van der Waals surface area contributed by atoms with Crippen LogP contribution in [0.1, 0.15) is 38.3 Å². The van der Waals surface area contributed by atoms with E-state index >= 15 is 0 Å². The average molecular weight is 379 g/mol. The molecule has 1 aliphatic carbocycles. The van der Waals surface area contributed by atoms with Gasteiger partial charge < -0.3 is 10.1 Å². The van der Waals surface area contributed by atoms with Crippen molar-refractivity contribution in [3.8, 4) is 10.6 Å². The Morgan fingerprint density at radius 1 is 1.32 bits per heavy atom. The molecule has 2 aromatic heterocycles. The molecular weight excluding hydrogens is 356 g/mol. The summed E-state index contributed by atoms with van der Waals surface area (Å²) in [5.74, 6) is -0.155. The highest BCUT2D eigenvalue weighted by molar-refractivity contribution is 7.14. The number of thiazole rings is 1. The van der Waals surface area contributed by atoms with Crippen LogP contribution in [0.15, 0.2) is 22.2 Å². The Bertz CT molecular complexity index is 712. The molecule has 5 nitrogen and oxygen atoms in total. The molecule has 1 amide bonds. The van der Waals surface area contributed by atoms with Gasteiger partial charge in [0.05, 0.1) is 12.1 Å². The maximum atomic E-state index is 12.0. The summed E-state index contributed by atoms with van der Waals surface area (Å²) in [6, 6.07) is 2.20. The van der Waals surface area contributed by atoms with E-state index in [9.17, 15) is 9.59 Å². The minimum Gasteiger partial charge on any atom is -0.455 e. The van der Waals surface area contributed by atoms with Gasteiger partial charge in [-0.2, -0.15) is 11.3 Å². The first-order chi connectivity index (χ1) is 12.1. The zero-order valence-corrected chi connectivity index (χ0v) is 15.8. The van der Waals surface area contributed by atoms with Gasteiger partial charge in [0.25, 0.3) is 5.91 Å².